The van der Waals surface area contributed by atoms with E-state index in [2.05, 4.69) is 27.2 Å². The quantitative estimate of drug-likeness (QED) is 0.235. The number of rotatable bonds is 7. The summed E-state index contributed by atoms with van der Waals surface area (Å²) in [5, 5.41) is 10.5. The molecule has 8 heteroatoms. The van der Waals surface area contributed by atoms with Crippen LogP contribution in [0.4, 0.5) is 0 Å². The van der Waals surface area contributed by atoms with Gasteiger partial charge in [0.25, 0.3) is 5.91 Å². The van der Waals surface area contributed by atoms with Gasteiger partial charge in [-0.2, -0.15) is 11.8 Å². The van der Waals surface area contributed by atoms with E-state index in [1.165, 1.54) is 31.9 Å². The third-order valence-corrected chi connectivity index (χ3v) is 5.62. The van der Waals surface area contributed by atoms with Crippen molar-refractivity contribution in [3.05, 3.63) is 23.7 Å². The van der Waals surface area contributed by atoms with Gasteiger partial charge in [0.05, 0.1) is 6.26 Å². The summed E-state index contributed by atoms with van der Waals surface area (Å²) in [4.78, 5) is 16.2. The highest BCUT2D eigenvalue weighted by molar-refractivity contribution is 14.0. The molecule has 0 saturated heterocycles. The first kappa shape index (κ1) is 23.1. The van der Waals surface area contributed by atoms with Gasteiger partial charge in [-0.3, -0.25) is 9.79 Å². The van der Waals surface area contributed by atoms with Gasteiger partial charge < -0.3 is 20.4 Å². The Morgan fingerprint density at radius 3 is 2.77 bits per heavy atom. The molecule has 3 N–H and O–H groups in total. The molecule has 2 rings (SSSR count). The molecule has 1 aromatic rings. The highest BCUT2D eigenvalue weighted by Crippen LogP contribution is 2.26. The Bertz CT molecular complexity index is 579. The SMILES string of the molecule is CN=C(NCCCNC(=O)c1occc1C)NC1CCCC(SC)C1.I. The minimum atomic E-state index is -0.157. The Morgan fingerprint density at radius 2 is 2.12 bits per heavy atom. The van der Waals surface area contributed by atoms with Crippen molar-refractivity contribution in [3.63, 3.8) is 0 Å². The average Bonchev–Trinajstić information content (AvgIpc) is 3.06. The summed E-state index contributed by atoms with van der Waals surface area (Å²) in [6.07, 6.45) is 9.55. The van der Waals surface area contributed by atoms with E-state index < -0.39 is 0 Å². The molecule has 0 spiro atoms. The molecule has 148 valence electrons. The summed E-state index contributed by atoms with van der Waals surface area (Å²) >= 11 is 1.96. The summed E-state index contributed by atoms with van der Waals surface area (Å²) in [7, 11) is 1.80. The molecule has 1 aliphatic carbocycles. The number of carbonyl (C=O) groups is 1. The number of hydrogen-bond donors (Lipinski definition) is 3. The van der Waals surface area contributed by atoms with Gasteiger partial charge in [0.2, 0.25) is 0 Å². The third kappa shape index (κ3) is 7.38. The monoisotopic (exact) mass is 494 g/mol. The number of amides is 1. The van der Waals surface area contributed by atoms with Crippen LogP contribution in [0.25, 0.3) is 0 Å². The zero-order chi connectivity index (χ0) is 18.1. The predicted octanol–water partition coefficient (Wildman–Crippen LogP) is 3.17. The smallest absolute Gasteiger partial charge is 0.287 e. The fourth-order valence-corrected chi connectivity index (χ4v) is 3.89. The van der Waals surface area contributed by atoms with Gasteiger partial charge in [-0.25, -0.2) is 0 Å². The normalized spacial score (nSPS) is 20.2. The maximum atomic E-state index is 11.9. The third-order valence-electron chi connectivity index (χ3n) is 4.52. The number of nitrogens with one attached hydrogen (secondary N) is 3. The maximum absolute atomic E-state index is 11.9. The molecular formula is C18H31IN4O2S. The summed E-state index contributed by atoms with van der Waals surface area (Å²) < 4.78 is 5.18. The first-order chi connectivity index (χ1) is 12.1. The van der Waals surface area contributed by atoms with Crippen LogP contribution in [0.3, 0.4) is 0 Å². The van der Waals surface area contributed by atoms with Crippen LogP contribution in [0.1, 0.15) is 48.2 Å². The molecular weight excluding hydrogens is 463 g/mol. The molecule has 2 unspecified atom stereocenters. The number of nitrogens with zero attached hydrogens (tertiary/aromatic N) is 1. The van der Waals surface area contributed by atoms with E-state index in [0.717, 1.165) is 29.7 Å². The lowest BCUT2D eigenvalue weighted by Gasteiger charge is -2.29. The van der Waals surface area contributed by atoms with Gasteiger partial charge >= 0.3 is 0 Å². The molecule has 1 amide bonds. The van der Waals surface area contributed by atoms with E-state index in [9.17, 15) is 4.79 Å². The summed E-state index contributed by atoms with van der Waals surface area (Å²) in [5.41, 5.74) is 0.858. The lowest BCUT2D eigenvalue weighted by atomic mass is 9.95. The molecule has 1 fully saturated rings. The largest absolute Gasteiger partial charge is 0.459 e. The Hall–Kier alpha value is -0.900. The number of thioether (sulfide) groups is 1. The molecule has 1 saturated carbocycles. The molecule has 6 nitrogen and oxygen atoms in total. The van der Waals surface area contributed by atoms with Crippen molar-refractivity contribution >= 4 is 47.6 Å². The van der Waals surface area contributed by atoms with E-state index in [1.54, 1.807) is 13.1 Å². The van der Waals surface area contributed by atoms with Crippen molar-refractivity contribution in [2.75, 3.05) is 26.4 Å². The van der Waals surface area contributed by atoms with Crippen molar-refractivity contribution in [1.29, 1.82) is 0 Å². The van der Waals surface area contributed by atoms with Crippen molar-refractivity contribution in [1.82, 2.24) is 16.0 Å². The Kier molecular flexibility index (Phi) is 11.1. The molecule has 0 bridgehead atoms. The highest BCUT2D eigenvalue weighted by Gasteiger charge is 2.21. The lowest BCUT2D eigenvalue weighted by molar-refractivity contribution is 0.0925. The second-order valence-corrected chi connectivity index (χ2v) is 7.54. The van der Waals surface area contributed by atoms with Crippen molar-refractivity contribution in [2.24, 2.45) is 4.99 Å². The van der Waals surface area contributed by atoms with Crippen LogP contribution < -0.4 is 16.0 Å². The molecule has 1 heterocycles. The second-order valence-electron chi connectivity index (χ2n) is 6.41. The van der Waals surface area contributed by atoms with Gasteiger partial charge in [0.1, 0.15) is 0 Å². The maximum Gasteiger partial charge on any atom is 0.287 e. The number of furan rings is 1. The van der Waals surface area contributed by atoms with Gasteiger partial charge in [0.15, 0.2) is 11.7 Å². The number of hydrogen-bond acceptors (Lipinski definition) is 4. The number of halogens is 1. The van der Waals surface area contributed by atoms with E-state index in [0.29, 0.717) is 18.3 Å². The minimum Gasteiger partial charge on any atom is -0.459 e. The molecule has 1 aliphatic rings. The first-order valence-corrected chi connectivity index (χ1v) is 10.2. The van der Waals surface area contributed by atoms with Crippen LogP contribution in [-0.2, 0) is 0 Å². The number of carbonyl (C=O) groups excluding carboxylic acids is 1. The molecule has 0 aliphatic heterocycles. The topological polar surface area (TPSA) is 78.7 Å². The Balaban J connectivity index is 0.00000338. The second kappa shape index (κ2) is 12.5. The van der Waals surface area contributed by atoms with E-state index in [1.807, 2.05) is 18.7 Å². The number of aryl methyl sites for hydroxylation is 1. The standard InChI is InChI=1S/C18H30N4O2S.HI/c1-13-8-11-24-16(13)17(23)20-9-5-10-21-18(19-2)22-14-6-4-7-15(12-14)25-3;/h8,11,14-15H,4-7,9-10,12H2,1-3H3,(H,20,23)(H2,19,21,22);1H. The predicted molar refractivity (Wildman–Crippen MR) is 120 cm³/mol. The molecule has 26 heavy (non-hydrogen) atoms. The van der Waals surface area contributed by atoms with Crippen LogP contribution in [0, 0.1) is 6.92 Å². The lowest BCUT2D eigenvalue weighted by Crippen LogP contribution is -2.46. The van der Waals surface area contributed by atoms with Crippen LogP contribution in [0.2, 0.25) is 0 Å². The van der Waals surface area contributed by atoms with Crippen molar-refractivity contribution in [3.8, 4) is 0 Å². The highest BCUT2D eigenvalue weighted by atomic mass is 127. The van der Waals surface area contributed by atoms with Crippen molar-refractivity contribution < 1.29 is 9.21 Å². The Morgan fingerprint density at radius 1 is 1.35 bits per heavy atom. The molecule has 0 aromatic carbocycles. The van der Waals surface area contributed by atoms with Crippen LogP contribution >= 0.6 is 35.7 Å². The van der Waals surface area contributed by atoms with E-state index in [-0.39, 0.29) is 29.9 Å². The molecule has 1 aromatic heterocycles. The minimum absolute atomic E-state index is 0. The molecule has 0 radical (unpaired) electrons. The number of aliphatic imine (C=N–C) groups is 1. The number of guanidine groups is 1. The Labute approximate surface area is 177 Å². The van der Waals surface area contributed by atoms with Gasteiger partial charge in [-0.1, -0.05) is 6.42 Å². The zero-order valence-electron chi connectivity index (χ0n) is 15.8. The van der Waals surface area contributed by atoms with Gasteiger partial charge in [-0.15, -0.1) is 24.0 Å². The summed E-state index contributed by atoms with van der Waals surface area (Å²) in [6, 6.07) is 2.29. The fraction of sp³-hybridized carbons (Fsp3) is 0.667. The first-order valence-electron chi connectivity index (χ1n) is 8.96. The zero-order valence-corrected chi connectivity index (χ0v) is 19.0. The fourth-order valence-electron chi connectivity index (χ4n) is 3.06. The van der Waals surface area contributed by atoms with Crippen LogP contribution in [0.5, 0.6) is 0 Å². The van der Waals surface area contributed by atoms with Crippen molar-refractivity contribution in [2.45, 2.75) is 50.3 Å². The van der Waals surface area contributed by atoms with Crippen LogP contribution in [-0.4, -0.2) is 49.6 Å². The van der Waals surface area contributed by atoms with Gasteiger partial charge in [0, 0.05) is 37.0 Å². The van der Waals surface area contributed by atoms with Gasteiger partial charge in [-0.05, 0) is 44.9 Å². The molecule has 2 atom stereocenters. The summed E-state index contributed by atoms with van der Waals surface area (Å²) in [5.74, 6) is 1.08. The average molecular weight is 494 g/mol. The van der Waals surface area contributed by atoms with E-state index in [4.69, 9.17) is 4.42 Å². The summed E-state index contributed by atoms with van der Waals surface area (Å²) in [6.45, 7) is 3.22. The van der Waals surface area contributed by atoms with E-state index >= 15 is 0 Å². The van der Waals surface area contributed by atoms with Crippen LogP contribution in [0.15, 0.2) is 21.7 Å².